The van der Waals surface area contributed by atoms with Gasteiger partial charge in [0.05, 0.1) is 5.70 Å². The molecule has 2 aromatic carbocycles. The van der Waals surface area contributed by atoms with Crippen molar-refractivity contribution in [3.05, 3.63) is 75.5 Å². The van der Waals surface area contributed by atoms with Crippen molar-refractivity contribution in [3.8, 4) is 0 Å². The van der Waals surface area contributed by atoms with E-state index in [0.717, 1.165) is 57.1 Å². The Labute approximate surface area is 184 Å². The van der Waals surface area contributed by atoms with E-state index in [2.05, 4.69) is 81.2 Å². The van der Waals surface area contributed by atoms with Gasteiger partial charge in [0.25, 0.3) is 0 Å². The highest BCUT2D eigenvalue weighted by Crippen LogP contribution is 2.38. The van der Waals surface area contributed by atoms with Crippen LogP contribution < -0.4 is 0 Å². The molecule has 2 heteroatoms. The lowest BCUT2D eigenvalue weighted by Gasteiger charge is -2.24. The van der Waals surface area contributed by atoms with E-state index in [1.807, 2.05) is 0 Å². The van der Waals surface area contributed by atoms with Gasteiger partial charge in [-0.05, 0) is 66.0 Å². The molecule has 2 nitrogen and oxygen atoms in total. The number of azo groups is 1. The summed E-state index contributed by atoms with van der Waals surface area (Å²) in [5.41, 5.74) is 10.9. The molecule has 0 atom stereocenters. The maximum Gasteiger partial charge on any atom is 0.0679 e. The van der Waals surface area contributed by atoms with Crippen LogP contribution in [0, 0.1) is 0 Å². The van der Waals surface area contributed by atoms with Gasteiger partial charge in [0.2, 0.25) is 0 Å². The quantitative estimate of drug-likeness (QED) is 0.336. The van der Waals surface area contributed by atoms with Gasteiger partial charge in [-0.15, -0.1) is 0 Å². The number of allylic oxidation sites excluding steroid dienone is 1. The molecule has 0 aliphatic heterocycles. The maximum absolute atomic E-state index is 4.59. The fourth-order valence-corrected chi connectivity index (χ4v) is 4.55. The topological polar surface area (TPSA) is 24.7 Å². The molecule has 0 heterocycles. The molecule has 2 aromatic rings. The minimum atomic E-state index is 1.03. The molecule has 0 saturated heterocycles. The summed E-state index contributed by atoms with van der Waals surface area (Å²) in [5.74, 6) is 0. The summed E-state index contributed by atoms with van der Waals surface area (Å²) in [6.07, 6.45) is 8.92. The van der Waals surface area contributed by atoms with Gasteiger partial charge in [0.1, 0.15) is 0 Å². The summed E-state index contributed by atoms with van der Waals surface area (Å²) in [4.78, 5) is 0. The van der Waals surface area contributed by atoms with Gasteiger partial charge in [0, 0.05) is 12.6 Å². The van der Waals surface area contributed by atoms with Crippen LogP contribution in [-0.4, -0.2) is 7.05 Å². The first-order valence-corrected chi connectivity index (χ1v) is 11.9. The van der Waals surface area contributed by atoms with Crippen LogP contribution in [0.3, 0.4) is 0 Å². The molecule has 0 aliphatic carbocycles. The van der Waals surface area contributed by atoms with Crippen molar-refractivity contribution in [2.45, 2.75) is 86.0 Å². The molecule has 0 fully saturated rings. The average Bonchev–Trinajstić information content (AvgIpc) is 2.72. The van der Waals surface area contributed by atoms with Gasteiger partial charge in [-0.25, -0.2) is 0 Å². The number of rotatable bonds is 11. The van der Waals surface area contributed by atoms with E-state index in [0.29, 0.717) is 0 Å². The predicted octanol–water partition coefficient (Wildman–Crippen LogP) is 8.36. The second-order valence-electron chi connectivity index (χ2n) is 8.16. The molecule has 0 aliphatic rings. The van der Waals surface area contributed by atoms with Crippen LogP contribution in [-0.2, 0) is 25.7 Å². The zero-order chi connectivity index (χ0) is 21.9. The lowest BCUT2D eigenvalue weighted by Crippen LogP contribution is -2.08. The predicted molar refractivity (Wildman–Crippen MR) is 131 cm³/mol. The number of hydrogen-bond donors (Lipinski definition) is 0. The van der Waals surface area contributed by atoms with Crippen molar-refractivity contribution >= 4 is 5.57 Å². The minimum absolute atomic E-state index is 1.03. The highest BCUT2D eigenvalue weighted by molar-refractivity contribution is 5.87. The van der Waals surface area contributed by atoms with Gasteiger partial charge >= 0.3 is 0 Å². The summed E-state index contributed by atoms with van der Waals surface area (Å²) in [7, 11) is 1.77. The first-order valence-electron chi connectivity index (χ1n) is 11.9. The number of hydrogen-bond acceptors (Lipinski definition) is 2. The normalized spacial score (nSPS) is 11.3. The SMILES string of the molecule is CCCc1cccc(CCC)c1C(=C(C)N=NC)c1c(CCC)cccc1CCC. The Morgan fingerprint density at radius 3 is 1.23 bits per heavy atom. The smallest absolute Gasteiger partial charge is 0.0679 e. The Hall–Kier alpha value is -2.22. The highest BCUT2D eigenvalue weighted by atomic mass is 15.1. The zero-order valence-electron chi connectivity index (χ0n) is 20.0. The molecule has 0 N–H and O–H groups in total. The second-order valence-corrected chi connectivity index (χ2v) is 8.16. The van der Waals surface area contributed by atoms with E-state index < -0.39 is 0 Å². The first kappa shape index (κ1) is 24.1. The summed E-state index contributed by atoms with van der Waals surface area (Å²) < 4.78 is 0. The van der Waals surface area contributed by atoms with Crippen LogP contribution in [0.15, 0.2) is 52.3 Å². The Balaban J connectivity index is 2.96. The molecule has 0 bridgehead atoms. The summed E-state index contributed by atoms with van der Waals surface area (Å²) in [5, 5.41) is 8.76. The van der Waals surface area contributed by atoms with Crippen molar-refractivity contribution in [1.82, 2.24) is 0 Å². The fourth-order valence-electron chi connectivity index (χ4n) is 4.55. The maximum atomic E-state index is 4.59. The van der Waals surface area contributed by atoms with Gasteiger partial charge < -0.3 is 0 Å². The molecule has 0 amide bonds. The molecule has 0 unspecified atom stereocenters. The molecule has 2 rings (SSSR count). The molecule has 0 radical (unpaired) electrons. The van der Waals surface area contributed by atoms with Crippen LogP contribution >= 0.6 is 0 Å². The summed E-state index contributed by atoms with van der Waals surface area (Å²) in [6, 6.07) is 13.7. The third kappa shape index (κ3) is 5.68. The van der Waals surface area contributed by atoms with Crippen LogP contribution in [0.5, 0.6) is 0 Å². The van der Waals surface area contributed by atoms with Crippen molar-refractivity contribution < 1.29 is 0 Å². The largest absolute Gasteiger partial charge is 0.192 e. The number of benzene rings is 2. The Kier molecular flexibility index (Phi) is 10.00. The molecule has 0 aromatic heterocycles. The van der Waals surface area contributed by atoms with Gasteiger partial charge in [-0.2, -0.15) is 10.2 Å². The van der Waals surface area contributed by atoms with Crippen molar-refractivity contribution in [3.63, 3.8) is 0 Å². The average molecular weight is 405 g/mol. The van der Waals surface area contributed by atoms with E-state index in [1.165, 1.54) is 39.0 Å². The molecule has 0 spiro atoms. The molecule has 162 valence electrons. The Morgan fingerprint density at radius 2 is 0.967 bits per heavy atom. The third-order valence-electron chi connectivity index (χ3n) is 5.66. The van der Waals surface area contributed by atoms with Crippen molar-refractivity contribution in [2.75, 3.05) is 7.05 Å². The van der Waals surface area contributed by atoms with Crippen LogP contribution in [0.1, 0.15) is 93.7 Å². The lowest BCUT2D eigenvalue weighted by atomic mass is 9.81. The van der Waals surface area contributed by atoms with E-state index in [1.54, 1.807) is 7.05 Å². The molecule has 0 saturated carbocycles. The summed E-state index contributed by atoms with van der Waals surface area (Å²) >= 11 is 0. The van der Waals surface area contributed by atoms with Gasteiger partial charge in [0.15, 0.2) is 0 Å². The molecule has 30 heavy (non-hydrogen) atoms. The number of nitrogens with zero attached hydrogens (tertiary/aromatic N) is 2. The molecular weight excluding hydrogens is 364 g/mol. The fraction of sp³-hybridized carbons (Fsp3) is 0.500. The van der Waals surface area contributed by atoms with Gasteiger partial charge in [-0.1, -0.05) is 89.8 Å². The standard InChI is InChI=1S/C28H40N2/c1-7-13-22-17-11-18-23(14-8-2)27(22)26(21(5)30-29-6)28-24(15-9-3)19-12-20-25(28)16-10-4/h11-12,17-20H,7-10,13-16H2,1-6H3. The lowest BCUT2D eigenvalue weighted by molar-refractivity contribution is 0.878. The van der Waals surface area contributed by atoms with E-state index in [4.69, 9.17) is 0 Å². The zero-order valence-corrected chi connectivity index (χ0v) is 20.0. The van der Waals surface area contributed by atoms with E-state index >= 15 is 0 Å². The Bertz CT molecular complexity index is 764. The van der Waals surface area contributed by atoms with E-state index in [-0.39, 0.29) is 0 Å². The monoisotopic (exact) mass is 404 g/mol. The summed E-state index contributed by atoms with van der Waals surface area (Å²) in [6.45, 7) is 11.2. The second kappa shape index (κ2) is 12.5. The minimum Gasteiger partial charge on any atom is -0.192 e. The Morgan fingerprint density at radius 1 is 0.633 bits per heavy atom. The molecular formula is C28H40N2. The van der Waals surface area contributed by atoms with Crippen LogP contribution in [0.25, 0.3) is 5.57 Å². The van der Waals surface area contributed by atoms with Gasteiger partial charge in [-0.3, -0.25) is 0 Å². The third-order valence-corrected chi connectivity index (χ3v) is 5.66. The van der Waals surface area contributed by atoms with Crippen molar-refractivity contribution in [2.24, 2.45) is 10.2 Å². The van der Waals surface area contributed by atoms with Crippen LogP contribution in [0.2, 0.25) is 0 Å². The highest BCUT2D eigenvalue weighted by Gasteiger charge is 2.21. The van der Waals surface area contributed by atoms with E-state index in [9.17, 15) is 0 Å². The van der Waals surface area contributed by atoms with Crippen molar-refractivity contribution in [1.29, 1.82) is 0 Å². The number of aryl methyl sites for hydroxylation is 4. The first-order chi connectivity index (χ1) is 14.6. The van der Waals surface area contributed by atoms with Crippen LogP contribution in [0.4, 0.5) is 0 Å².